The Morgan fingerprint density at radius 2 is 1.91 bits per heavy atom. The minimum atomic E-state index is -3.52. The number of nitrogens with two attached hydrogens (primary N) is 1. The molecule has 2 aromatic carbocycles. The molecule has 0 radical (unpaired) electrons. The second-order valence-corrected chi connectivity index (χ2v) is 10.6. The van der Waals surface area contributed by atoms with Crippen molar-refractivity contribution in [2.24, 2.45) is 5.92 Å². The van der Waals surface area contributed by atoms with Crippen molar-refractivity contribution in [2.45, 2.75) is 30.7 Å². The highest BCUT2D eigenvalue weighted by atomic mass is 35.5. The molecule has 1 fully saturated rings. The van der Waals surface area contributed by atoms with Gasteiger partial charge in [-0.3, -0.25) is 9.11 Å². The van der Waals surface area contributed by atoms with Crippen molar-refractivity contribution in [1.29, 1.82) is 5.26 Å². The van der Waals surface area contributed by atoms with E-state index in [0.29, 0.717) is 38.9 Å². The lowest BCUT2D eigenvalue weighted by Gasteiger charge is -2.50. The molecule has 0 saturated heterocycles. The normalized spacial score (nSPS) is 18.3. The van der Waals surface area contributed by atoms with Gasteiger partial charge in [0.25, 0.3) is 0 Å². The summed E-state index contributed by atoms with van der Waals surface area (Å²) < 4.78 is 24.8. The minimum Gasteiger partial charge on any atom is -0.368 e. The summed E-state index contributed by atoms with van der Waals surface area (Å²) in [6.07, 6.45) is 3.81. The number of benzene rings is 2. The number of para-hydroxylation sites is 1. The Morgan fingerprint density at radius 1 is 1.18 bits per heavy atom. The zero-order valence-electron chi connectivity index (χ0n) is 18.3. The van der Waals surface area contributed by atoms with Crippen molar-refractivity contribution in [3.05, 3.63) is 76.1 Å². The van der Waals surface area contributed by atoms with Crippen molar-refractivity contribution in [3.63, 3.8) is 0 Å². The first-order chi connectivity index (χ1) is 16.3. The Balaban J connectivity index is 1.70. The van der Waals surface area contributed by atoms with Gasteiger partial charge in [0, 0.05) is 5.56 Å². The van der Waals surface area contributed by atoms with Gasteiger partial charge in [-0.15, -0.1) is 0 Å². The van der Waals surface area contributed by atoms with Gasteiger partial charge >= 0.3 is 0 Å². The van der Waals surface area contributed by atoms with Crippen LogP contribution in [0, 0.1) is 24.2 Å². The maximum atomic E-state index is 11.6. The van der Waals surface area contributed by atoms with E-state index in [1.165, 1.54) is 0 Å². The summed E-state index contributed by atoms with van der Waals surface area (Å²) in [7, 11) is -3.52. The predicted octanol–water partition coefficient (Wildman–Crippen LogP) is 5.67. The van der Waals surface area contributed by atoms with Crippen LogP contribution in [-0.2, 0) is 0 Å². The Morgan fingerprint density at radius 3 is 2.59 bits per heavy atom. The molecule has 1 aromatic heterocycles. The molecule has 0 bridgehead atoms. The molecule has 1 saturated carbocycles. The Bertz CT molecular complexity index is 1340. The smallest absolute Gasteiger partial charge is 0.222 e. The first kappa shape index (κ1) is 22.5. The van der Waals surface area contributed by atoms with E-state index in [-0.39, 0.29) is 22.9 Å². The number of hydrogen-bond acceptors (Lipinski definition) is 8. The predicted molar refractivity (Wildman–Crippen MR) is 135 cm³/mol. The number of aromatic nitrogens is 2. The number of halogens is 1. The van der Waals surface area contributed by atoms with Gasteiger partial charge in [-0.05, 0) is 50.0 Å². The maximum absolute atomic E-state index is 11.6. The number of rotatable bonds is 5. The molecule has 174 valence electrons. The van der Waals surface area contributed by atoms with Gasteiger partial charge in [0.2, 0.25) is 5.95 Å². The summed E-state index contributed by atoms with van der Waals surface area (Å²) in [6, 6.07) is 16.2. The molecule has 10 heteroatoms. The van der Waals surface area contributed by atoms with Crippen LogP contribution in [0.25, 0.3) is 6.08 Å². The van der Waals surface area contributed by atoms with Gasteiger partial charge in [-0.2, -0.15) is 10.2 Å². The number of aryl methyl sites for hydroxylation is 1. The van der Waals surface area contributed by atoms with E-state index >= 15 is 0 Å². The zero-order valence-corrected chi connectivity index (χ0v) is 19.9. The first-order valence-corrected chi connectivity index (χ1v) is 12.6. The van der Waals surface area contributed by atoms with Crippen molar-refractivity contribution < 1.29 is 9.11 Å². The second kappa shape index (κ2) is 8.49. The lowest BCUT2D eigenvalue weighted by Crippen LogP contribution is -2.40. The number of fused-ring (bicyclic) bond motifs is 1. The van der Waals surface area contributed by atoms with Crippen LogP contribution in [0.1, 0.15) is 29.7 Å². The summed E-state index contributed by atoms with van der Waals surface area (Å²) in [5.41, 5.74) is 8.58. The first-order valence-electron chi connectivity index (χ1n) is 10.8. The average Bonchev–Trinajstić information content (AvgIpc) is 3.62. The molecule has 5 rings (SSSR count). The topological polar surface area (TPSA) is 131 Å². The fraction of sp³-hybridized carbons (Fsp3) is 0.208. The Hall–Kier alpha value is -3.29. The molecule has 1 aliphatic carbocycles. The SMILES string of the molecule is Cc1nc(N)nc(N[C@H](C2=Cc3cccc(Cl)c3S(O)(O)N2c2ccccc2)C2CC2)c1C#N. The van der Waals surface area contributed by atoms with E-state index in [2.05, 4.69) is 21.4 Å². The van der Waals surface area contributed by atoms with Crippen molar-refractivity contribution in [3.8, 4) is 6.07 Å². The van der Waals surface area contributed by atoms with Gasteiger partial charge in [0.1, 0.15) is 22.3 Å². The lowest BCUT2D eigenvalue weighted by molar-refractivity contribution is 0.481. The standard InChI is InChI=1S/C24H23ClN6O2S/c1-14-18(13-26)23(30-24(27)28-14)29-21(15-10-11-15)20-12-16-6-5-9-19(25)22(16)34(32,33)31(20)17-7-3-2-4-8-17/h2-9,12,15,21,32-33H,10-11H2,1H3,(H3,27,28,29,30)/t21-/m0/s1. The van der Waals surface area contributed by atoms with Crippen LogP contribution < -0.4 is 15.4 Å². The summed E-state index contributed by atoms with van der Waals surface area (Å²) in [5, 5.41) is 13.4. The molecule has 5 N–H and O–H groups in total. The largest absolute Gasteiger partial charge is 0.368 e. The fourth-order valence-corrected chi connectivity index (χ4v) is 6.63. The highest BCUT2D eigenvalue weighted by Gasteiger charge is 2.44. The minimum absolute atomic E-state index is 0.0625. The van der Waals surface area contributed by atoms with E-state index in [9.17, 15) is 14.4 Å². The summed E-state index contributed by atoms with van der Waals surface area (Å²) >= 11 is 6.45. The zero-order chi connectivity index (χ0) is 24.0. The highest BCUT2D eigenvalue weighted by molar-refractivity contribution is 8.25. The van der Waals surface area contributed by atoms with Crippen LogP contribution in [0.4, 0.5) is 17.5 Å². The number of nitrogens with zero attached hydrogens (tertiary/aromatic N) is 4. The molecule has 0 spiro atoms. The summed E-state index contributed by atoms with van der Waals surface area (Å²) in [4.78, 5) is 8.68. The lowest BCUT2D eigenvalue weighted by atomic mass is 10.0. The molecule has 2 aliphatic rings. The van der Waals surface area contributed by atoms with Gasteiger partial charge in [-0.25, -0.2) is 9.29 Å². The van der Waals surface area contributed by atoms with E-state index < -0.39 is 10.8 Å². The van der Waals surface area contributed by atoms with Gasteiger partial charge in [-0.1, -0.05) is 52.7 Å². The van der Waals surface area contributed by atoms with Gasteiger partial charge in [0.05, 0.1) is 28.1 Å². The number of anilines is 3. The molecule has 34 heavy (non-hydrogen) atoms. The second-order valence-electron chi connectivity index (χ2n) is 8.34. The number of nitrogen functional groups attached to an aromatic ring is 1. The van der Waals surface area contributed by atoms with E-state index in [4.69, 9.17) is 17.3 Å². The van der Waals surface area contributed by atoms with E-state index in [1.54, 1.807) is 23.4 Å². The molecule has 1 atom stereocenters. The van der Waals surface area contributed by atoms with Crippen LogP contribution >= 0.6 is 22.4 Å². The monoisotopic (exact) mass is 494 g/mol. The fourth-order valence-electron chi connectivity index (χ4n) is 4.30. The molecule has 3 aromatic rings. The molecular weight excluding hydrogens is 472 g/mol. The Labute approximate surface area is 204 Å². The highest BCUT2D eigenvalue weighted by Crippen LogP contribution is 2.62. The van der Waals surface area contributed by atoms with Crippen LogP contribution in [0.2, 0.25) is 5.02 Å². The number of hydrogen-bond donors (Lipinski definition) is 4. The van der Waals surface area contributed by atoms with E-state index in [0.717, 1.165) is 12.8 Å². The van der Waals surface area contributed by atoms with Gasteiger partial charge < -0.3 is 11.1 Å². The molecule has 1 aliphatic heterocycles. The maximum Gasteiger partial charge on any atom is 0.222 e. The van der Waals surface area contributed by atoms with Gasteiger partial charge in [0.15, 0.2) is 0 Å². The van der Waals surface area contributed by atoms with Crippen LogP contribution in [0.15, 0.2) is 59.1 Å². The summed E-state index contributed by atoms with van der Waals surface area (Å²) in [6.45, 7) is 1.71. The van der Waals surface area contributed by atoms with Crippen molar-refractivity contribution in [2.75, 3.05) is 15.4 Å². The third kappa shape index (κ3) is 3.85. The average molecular weight is 495 g/mol. The van der Waals surface area contributed by atoms with Crippen LogP contribution in [-0.4, -0.2) is 25.1 Å². The van der Waals surface area contributed by atoms with Crippen molar-refractivity contribution in [1.82, 2.24) is 9.97 Å². The molecular formula is C24H23ClN6O2S. The van der Waals surface area contributed by atoms with Crippen LogP contribution in [0.5, 0.6) is 0 Å². The summed E-state index contributed by atoms with van der Waals surface area (Å²) in [5.74, 6) is 0.593. The van der Waals surface area contributed by atoms with Crippen LogP contribution in [0.3, 0.4) is 0 Å². The number of nitrogens with one attached hydrogen (secondary N) is 1. The van der Waals surface area contributed by atoms with E-state index in [1.807, 2.05) is 42.5 Å². The number of nitriles is 1. The van der Waals surface area contributed by atoms with Crippen molar-refractivity contribution >= 4 is 45.9 Å². The third-order valence-electron chi connectivity index (χ3n) is 5.98. The third-order valence-corrected chi connectivity index (χ3v) is 8.34. The Kier molecular flexibility index (Phi) is 5.62. The quantitative estimate of drug-likeness (QED) is 0.357. The molecule has 2 heterocycles. The molecule has 0 amide bonds. The molecule has 8 nitrogen and oxygen atoms in total. The molecule has 0 unspecified atom stereocenters.